The molecule has 0 radical (unpaired) electrons. The molecule has 0 bridgehead atoms. The molecule has 0 saturated heterocycles. The van der Waals surface area contributed by atoms with Gasteiger partial charge >= 0.3 is 12.0 Å². The van der Waals surface area contributed by atoms with Crippen LogP contribution < -0.4 is 5.32 Å². The number of rotatable bonds is 9. The van der Waals surface area contributed by atoms with Crippen LogP contribution in [0, 0.1) is 11.8 Å². The van der Waals surface area contributed by atoms with Crippen LogP contribution in [-0.4, -0.2) is 41.1 Å². The van der Waals surface area contributed by atoms with Gasteiger partial charge < -0.3 is 15.3 Å². The minimum atomic E-state index is -0.756. The third-order valence-electron chi connectivity index (χ3n) is 3.86. The Labute approximate surface area is 129 Å². The molecule has 0 saturated carbocycles. The first-order valence-corrected chi connectivity index (χ1v) is 7.91. The normalized spacial score (nSPS) is 15.4. The van der Waals surface area contributed by atoms with Crippen molar-refractivity contribution in [3.63, 3.8) is 0 Å². The maximum absolute atomic E-state index is 12.1. The van der Waals surface area contributed by atoms with Crippen molar-refractivity contribution in [1.82, 2.24) is 10.2 Å². The van der Waals surface area contributed by atoms with Gasteiger partial charge in [0, 0.05) is 19.1 Å². The van der Waals surface area contributed by atoms with Gasteiger partial charge in [-0.25, -0.2) is 4.79 Å². The Morgan fingerprint density at radius 2 is 1.67 bits per heavy atom. The standard InChI is InChI=1S/C16H32N2O3/c1-11(2)10-14(5)18(6)16(21)17-13(4)9-7-8-12(3)15(19)20/h11-14H,7-10H2,1-6H3,(H,17,21)(H,19,20). The van der Waals surface area contributed by atoms with Gasteiger partial charge in [-0.1, -0.05) is 27.2 Å². The highest BCUT2D eigenvalue weighted by atomic mass is 16.4. The van der Waals surface area contributed by atoms with E-state index in [9.17, 15) is 9.59 Å². The average Bonchev–Trinajstić information content (AvgIpc) is 2.36. The first kappa shape index (κ1) is 19.7. The van der Waals surface area contributed by atoms with E-state index in [4.69, 9.17) is 5.11 Å². The SMILES string of the molecule is CC(C)CC(C)N(C)C(=O)NC(C)CCCC(C)C(=O)O. The molecule has 0 aliphatic rings. The Hall–Kier alpha value is -1.26. The molecule has 3 atom stereocenters. The molecular formula is C16H32N2O3. The average molecular weight is 300 g/mol. The molecule has 0 heterocycles. The molecule has 5 heteroatoms. The first-order chi connectivity index (χ1) is 9.65. The van der Waals surface area contributed by atoms with Crippen molar-refractivity contribution in [2.75, 3.05) is 7.05 Å². The fourth-order valence-electron chi connectivity index (χ4n) is 2.28. The lowest BCUT2D eigenvalue weighted by Crippen LogP contribution is -2.46. The van der Waals surface area contributed by atoms with Crippen LogP contribution in [0.3, 0.4) is 0 Å². The Balaban J connectivity index is 4.05. The lowest BCUT2D eigenvalue weighted by atomic mass is 10.0. The summed E-state index contributed by atoms with van der Waals surface area (Å²) in [5.74, 6) is -0.513. The van der Waals surface area contributed by atoms with E-state index in [0.717, 1.165) is 19.3 Å². The second kappa shape index (κ2) is 9.64. The van der Waals surface area contributed by atoms with Gasteiger partial charge in [-0.05, 0) is 39.0 Å². The van der Waals surface area contributed by atoms with E-state index >= 15 is 0 Å². The zero-order valence-electron chi connectivity index (χ0n) is 14.3. The van der Waals surface area contributed by atoms with Gasteiger partial charge in [0.1, 0.15) is 0 Å². The number of nitrogens with one attached hydrogen (secondary N) is 1. The number of carboxylic acid groups (broad SMARTS) is 1. The highest BCUT2D eigenvalue weighted by Gasteiger charge is 2.18. The monoisotopic (exact) mass is 300 g/mol. The van der Waals surface area contributed by atoms with E-state index in [1.165, 1.54) is 0 Å². The summed E-state index contributed by atoms with van der Waals surface area (Å²) < 4.78 is 0. The number of carbonyl (C=O) groups excluding carboxylic acids is 1. The molecule has 3 unspecified atom stereocenters. The fraction of sp³-hybridized carbons (Fsp3) is 0.875. The number of carboxylic acids is 1. The maximum atomic E-state index is 12.1. The third kappa shape index (κ3) is 8.58. The van der Waals surface area contributed by atoms with Gasteiger partial charge in [0.05, 0.1) is 5.92 Å². The minimum absolute atomic E-state index is 0.0538. The Morgan fingerprint density at radius 1 is 1.10 bits per heavy atom. The summed E-state index contributed by atoms with van der Waals surface area (Å²) in [4.78, 5) is 24.6. The van der Waals surface area contributed by atoms with Crippen molar-refractivity contribution in [3.8, 4) is 0 Å². The molecule has 124 valence electrons. The van der Waals surface area contributed by atoms with Crippen LogP contribution in [0.4, 0.5) is 4.79 Å². The van der Waals surface area contributed by atoms with Gasteiger partial charge in [-0.2, -0.15) is 0 Å². The largest absolute Gasteiger partial charge is 0.481 e. The molecule has 0 aromatic carbocycles. The number of amides is 2. The van der Waals surface area contributed by atoms with E-state index < -0.39 is 5.97 Å². The lowest BCUT2D eigenvalue weighted by molar-refractivity contribution is -0.141. The van der Waals surface area contributed by atoms with Gasteiger partial charge in [0.15, 0.2) is 0 Å². The predicted octanol–water partition coefficient (Wildman–Crippen LogP) is 3.34. The van der Waals surface area contributed by atoms with Gasteiger partial charge in [-0.15, -0.1) is 0 Å². The number of hydrogen-bond donors (Lipinski definition) is 2. The second-order valence-corrected chi connectivity index (χ2v) is 6.61. The van der Waals surface area contributed by atoms with Crippen molar-refractivity contribution in [2.24, 2.45) is 11.8 Å². The van der Waals surface area contributed by atoms with Gasteiger partial charge in [-0.3, -0.25) is 4.79 Å². The Bertz CT molecular complexity index is 331. The summed E-state index contributed by atoms with van der Waals surface area (Å²) in [7, 11) is 1.82. The molecule has 0 aliphatic carbocycles. The smallest absolute Gasteiger partial charge is 0.317 e. The topological polar surface area (TPSA) is 69.6 Å². The molecule has 2 N–H and O–H groups in total. The summed E-state index contributed by atoms with van der Waals surface area (Å²) in [6.07, 6.45) is 3.24. The number of carbonyl (C=O) groups is 2. The first-order valence-electron chi connectivity index (χ1n) is 7.91. The lowest BCUT2D eigenvalue weighted by Gasteiger charge is -2.28. The van der Waals surface area contributed by atoms with E-state index in [0.29, 0.717) is 12.3 Å². The van der Waals surface area contributed by atoms with Crippen LogP contribution in [0.15, 0.2) is 0 Å². The van der Waals surface area contributed by atoms with Crippen molar-refractivity contribution >= 4 is 12.0 Å². The van der Waals surface area contributed by atoms with E-state index in [2.05, 4.69) is 26.1 Å². The molecule has 0 fully saturated rings. The maximum Gasteiger partial charge on any atom is 0.317 e. The third-order valence-corrected chi connectivity index (χ3v) is 3.86. The van der Waals surface area contributed by atoms with Crippen LogP contribution in [0.5, 0.6) is 0 Å². The van der Waals surface area contributed by atoms with Crippen molar-refractivity contribution in [3.05, 3.63) is 0 Å². The zero-order chi connectivity index (χ0) is 16.6. The van der Waals surface area contributed by atoms with Crippen LogP contribution in [0.2, 0.25) is 0 Å². The van der Waals surface area contributed by atoms with E-state index in [1.807, 2.05) is 14.0 Å². The highest BCUT2D eigenvalue weighted by Crippen LogP contribution is 2.12. The Kier molecular flexibility index (Phi) is 9.06. The molecule has 0 aromatic rings. The summed E-state index contributed by atoms with van der Waals surface area (Å²) >= 11 is 0. The minimum Gasteiger partial charge on any atom is -0.481 e. The van der Waals surface area contributed by atoms with Crippen LogP contribution in [0.1, 0.15) is 60.3 Å². The number of aliphatic carboxylic acids is 1. The van der Waals surface area contributed by atoms with E-state index in [-0.39, 0.29) is 24.0 Å². The van der Waals surface area contributed by atoms with Crippen molar-refractivity contribution in [2.45, 2.75) is 72.4 Å². The van der Waals surface area contributed by atoms with Crippen LogP contribution in [-0.2, 0) is 4.79 Å². The number of hydrogen-bond acceptors (Lipinski definition) is 2. The van der Waals surface area contributed by atoms with Crippen LogP contribution >= 0.6 is 0 Å². The van der Waals surface area contributed by atoms with E-state index in [1.54, 1.807) is 11.8 Å². The molecule has 0 spiro atoms. The predicted molar refractivity (Wildman–Crippen MR) is 85.3 cm³/mol. The molecule has 0 aromatic heterocycles. The molecule has 5 nitrogen and oxygen atoms in total. The summed E-state index contributed by atoms with van der Waals surface area (Å²) in [5.41, 5.74) is 0. The molecular weight excluding hydrogens is 268 g/mol. The molecule has 21 heavy (non-hydrogen) atoms. The number of urea groups is 1. The van der Waals surface area contributed by atoms with Gasteiger partial charge in [0.25, 0.3) is 0 Å². The Morgan fingerprint density at radius 3 is 2.14 bits per heavy atom. The van der Waals surface area contributed by atoms with Gasteiger partial charge in [0.2, 0.25) is 0 Å². The van der Waals surface area contributed by atoms with Crippen molar-refractivity contribution < 1.29 is 14.7 Å². The van der Waals surface area contributed by atoms with Crippen molar-refractivity contribution in [1.29, 1.82) is 0 Å². The summed E-state index contributed by atoms with van der Waals surface area (Å²) in [5, 5.41) is 11.8. The molecule has 2 amide bonds. The second-order valence-electron chi connectivity index (χ2n) is 6.61. The molecule has 0 rings (SSSR count). The zero-order valence-corrected chi connectivity index (χ0v) is 14.3. The summed E-state index contributed by atoms with van der Waals surface area (Å²) in [6.45, 7) is 10.0. The summed E-state index contributed by atoms with van der Waals surface area (Å²) in [6, 6.07) is 0.221. The number of nitrogens with zero attached hydrogens (tertiary/aromatic N) is 1. The highest BCUT2D eigenvalue weighted by molar-refractivity contribution is 5.74. The molecule has 0 aliphatic heterocycles. The quantitative estimate of drug-likeness (QED) is 0.686. The van der Waals surface area contributed by atoms with Crippen LogP contribution in [0.25, 0.3) is 0 Å². The fourth-order valence-corrected chi connectivity index (χ4v) is 2.28.